The predicted molar refractivity (Wildman–Crippen MR) is 333 cm³/mol. The lowest BCUT2D eigenvalue weighted by molar-refractivity contribution is 0.0705. The lowest BCUT2D eigenvalue weighted by Crippen LogP contribution is -2.30. The molecule has 7 N–H and O–H groups in total. The van der Waals surface area contributed by atoms with E-state index in [2.05, 4.69) is 25.6 Å². The molecule has 20 nitrogen and oxygen atoms in total. The van der Waals surface area contributed by atoms with Crippen molar-refractivity contribution in [1.82, 2.24) is 19.4 Å². The highest BCUT2D eigenvalue weighted by atomic mass is 35.5. The number of amides is 4. The third kappa shape index (κ3) is 12.7. The van der Waals surface area contributed by atoms with Crippen LogP contribution < -0.4 is 29.9 Å². The van der Waals surface area contributed by atoms with E-state index in [0.717, 1.165) is 38.2 Å². The van der Waals surface area contributed by atoms with E-state index in [-0.39, 0.29) is 79.1 Å². The average molecular weight is 1220 g/mol. The minimum atomic E-state index is -0.343. The summed E-state index contributed by atoms with van der Waals surface area (Å²) in [5.74, 6) is 1.03. The Hall–Kier alpha value is -9.28. The lowest BCUT2D eigenvalue weighted by atomic mass is 9.92. The molecule has 87 heavy (non-hydrogen) atoms. The summed E-state index contributed by atoms with van der Waals surface area (Å²) in [6.07, 6.45) is 4.89. The minimum absolute atomic E-state index is 0.0378. The number of ether oxygens (including phenoxy) is 4. The first-order valence-corrected chi connectivity index (χ1v) is 29.1. The quantitative estimate of drug-likeness (QED) is 0.0277. The summed E-state index contributed by atoms with van der Waals surface area (Å²) in [5, 5.41) is 48.6. The second-order valence-electron chi connectivity index (χ2n) is 20.7. The molecule has 0 spiro atoms. The maximum Gasteiger partial charge on any atom is 0.278 e. The molecule has 6 heterocycles. The number of hydrogen-bond acceptors (Lipinski definition) is 14. The third-order valence-electron chi connectivity index (χ3n) is 15.1. The van der Waals surface area contributed by atoms with E-state index < -0.39 is 0 Å². The number of phenols is 2. The van der Waals surface area contributed by atoms with Crippen molar-refractivity contribution in [3.05, 3.63) is 185 Å². The van der Waals surface area contributed by atoms with E-state index in [1.54, 1.807) is 118 Å². The van der Waals surface area contributed by atoms with E-state index >= 15 is 0 Å². The molecule has 2 aliphatic heterocycles. The van der Waals surface area contributed by atoms with Crippen molar-refractivity contribution in [2.75, 3.05) is 98.1 Å². The molecule has 2 aliphatic rings. The van der Waals surface area contributed by atoms with Gasteiger partial charge in [-0.2, -0.15) is 0 Å². The molecule has 0 fully saturated rings. The number of aromatic hydroxyl groups is 2. The molecule has 0 aliphatic carbocycles. The Morgan fingerprint density at radius 1 is 0.632 bits per heavy atom. The van der Waals surface area contributed by atoms with Gasteiger partial charge in [0.15, 0.2) is 0 Å². The van der Waals surface area contributed by atoms with Gasteiger partial charge in [0.1, 0.15) is 59.1 Å². The fraction of sp³-hybridized carbons (Fsp3) is 0.231. The van der Waals surface area contributed by atoms with E-state index in [9.17, 15) is 29.4 Å². The Balaban J connectivity index is 0.000000180. The molecule has 2 atom stereocenters. The van der Waals surface area contributed by atoms with Crippen molar-refractivity contribution >= 4 is 108 Å². The van der Waals surface area contributed by atoms with Crippen LogP contribution in [0.3, 0.4) is 0 Å². The van der Waals surface area contributed by atoms with Crippen LogP contribution in [0.5, 0.6) is 23.0 Å². The second kappa shape index (κ2) is 26.5. The van der Waals surface area contributed by atoms with Gasteiger partial charge in [0.05, 0.1) is 68.4 Å². The highest BCUT2D eigenvalue weighted by Crippen LogP contribution is 2.48. The number of rotatable bonds is 20. The average Bonchev–Trinajstić information content (AvgIpc) is 2.18. The van der Waals surface area contributed by atoms with Gasteiger partial charge < -0.3 is 69.2 Å². The number of halogens is 2. The third-order valence-corrected chi connectivity index (χ3v) is 15.8. The van der Waals surface area contributed by atoms with Gasteiger partial charge in [-0.3, -0.25) is 19.2 Å². The molecule has 6 aromatic carbocycles. The van der Waals surface area contributed by atoms with Crippen LogP contribution in [0.2, 0.25) is 0 Å². The standard InChI is InChI=1S/C33H31ClN4O6.C32H29ClN4O6/c1-19-3-2-4-24-28(40)15-27-31(30(19)24)22(16-34)18-38(27)33(42)25-13-21-14-29(35-17-26(21)36-25)37-32(41)20-5-7-23(8-6-20)44-12-11-43-10-9-39;33-16-21-17-37(27-15-28(39)24-3-1-2-4-25(24)30(21)27)32(41)26-19-36-18-22(7-10-29(36)35-26)34-31(40)20-5-8-23(9-6-20)43-14-13-42-12-11-38/h2-8,13-15,17,22,36,39-40H,9-12,16,18H2,1H3,(H,35,37,41);1-10,15,18-19,21,38-39H,11-14,16-17H2,(H,34,40)/t22-;21-/m11/s1. The smallest absolute Gasteiger partial charge is 0.278 e. The number of carbonyl (C=O) groups is 4. The predicted octanol–water partition coefficient (Wildman–Crippen LogP) is 10.2. The monoisotopic (exact) mass is 1210 g/mol. The summed E-state index contributed by atoms with van der Waals surface area (Å²) in [5.41, 5.74) is 7.36. The fourth-order valence-corrected chi connectivity index (χ4v) is 11.5. The number of aryl methyl sites for hydroxylation is 1. The maximum atomic E-state index is 13.8. The van der Waals surface area contributed by atoms with Crippen molar-refractivity contribution in [3.8, 4) is 23.0 Å². The number of pyridine rings is 2. The molecule has 0 saturated heterocycles. The van der Waals surface area contributed by atoms with Crippen LogP contribution in [0.4, 0.5) is 22.9 Å². The van der Waals surface area contributed by atoms with E-state index in [1.807, 2.05) is 49.4 Å². The number of nitrogens with zero attached hydrogens (tertiary/aromatic N) is 5. The number of phenolic OH excluding ortho intramolecular Hbond substituents is 2. The zero-order valence-electron chi connectivity index (χ0n) is 47.0. The van der Waals surface area contributed by atoms with Crippen molar-refractivity contribution in [2.24, 2.45) is 0 Å². The Bertz CT molecular complexity index is 4200. The molecule has 22 heteroatoms. The zero-order chi connectivity index (χ0) is 60.7. The van der Waals surface area contributed by atoms with Crippen molar-refractivity contribution in [2.45, 2.75) is 18.8 Å². The first kappa shape index (κ1) is 59.5. The number of imidazole rings is 1. The van der Waals surface area contributed by atoms with Gasteiger partial charge in [0, 0.05) is 88.5 Å². The molecule has 0 saturated carbocycles. The number of aliphatic hydroxyl groups is 2. The normalized spacial score (nSPS) is 14.3. The lowest BCUT2D eigenvalue weighted by Gasteiger charge is -2.18. The van der Waals surface area contributed by atoms with Gasteiger partial charge in [0.25, 0.3) is 23.6 Å². The minimum Gasteiger partial charge on any atom is -0.507 e. The van der Waals surface area contributed by atoms with Gasteiger partial charge >= 0.3 is 0 Å². The summed E-state index contributed by atoms with van der Waals surface area (Å²) in [4.78, 5) is 68.5. The van der Waals surface area contributed by atoms with Gasteiger partial charge in [-0.15, -0.1) is 23.2 Å². The number of nitrogens with one attached hydrogen (secondary N) is 3. The number of H-pyrrole nitrogens is 1. The first-order valence-electron chi connectivity index (χ1n) is 28.0. The van der Waals surface area contributed by atoms with Crippen molar-refractivity contribution in [1.29, 1.82) is 0 Å². The number of aliphatic hydroxyl groups excluding tert-OH is 2. The topological polar surface area (TPSA) is 263 Å². The Morgan fingerprint density at radius 3 is 1.86 bits per heavy atom. The summed E-state index contributed by atoms with van der Waals surface area (Å²) < 4.78 is 23.2. The summed E-state index contributed by atoms with van der Waals surface area (Å²) in [6.45, 7) is 4.56. The number of aromatic amines is 1. The molecular formula is C65H60Cl2N8O12. The Labute approximate surface area is 508 Å². The van der Waals surface area contributed by atoms with E-state index in [1.165, 1.54) is 0 Å². The van der Waals surface area contributed by atoms with Crippen LogP contribution >= 0.6 is 23.2 Å². The van der Waals surface area contributed by atoms with Gasteiger partial charge in [-0.25, -0.2) is 9.97 Å². The highest BCUT2D eigenvalue weighted by molar-refractivity contribution is 6.20. The van der Waals surface area contributed by atoms with Crippen LogP contribution in [-0.2, 0) is 9.47 Å². The summed E-state index contributed by atoms with van der Waals surface area (Å²) in [6, 6.07) is 36.9. The number of fused-ring (bicyclic) bond motifs is 8. The van der Waals surface area contributed by atoms with Crippen molar-refractivity contribution < 1.29 is 58.6 Å². The molecular weight excluding hydrogens is 1160 g/mol. The molecule has 10 aromatic rings. The number of alkyl halides is 2. The van der Waals surface area contributed by atoms with E-state index in [0.29, 0.717) is 119 Å². The SMILES string of the molecule is Cc1cccc2c(O)cc3c(c12)[C@H](CCl)CN3C(=O)c1cc2cc(NC(=O)c3ccc(OCCOCCO)cc3)ncc2[nH]1.O=C(Nc1ccc2nc(C(=O)N3C[C@@H](CCl)c4c3cc(O)c3ccccc43)cn2c1)c1ccc(OCCOCCO)cc1. The van der Waals surface area contributed by atoms with Gasteiger partial charge in [-0.1, -0.05) is 42.5 Å². The molecule has 4 amide bonds. The second-order valence-corrected chi connectivity index (χ2v) is 21.3. The summed E-state index contributed by atoms with van der Waals surface area (Å²) in [7, 11) is 0. The van der Waals surface area contributed by atoms with Crippen LogP contribution in [0, 0.1) is 6.92 Å². The fourth-order valence-electron chi connectivity index (χ4n) is 11.0. The first-order chi connectivity index (χ1) is 42.3. The number of anilines is 4. The molecule has 0 bridgehead atoms. The largest absolute Gasteiger partial charge is 0.507 e. The Kier molecular flexibility index (Phi) is 18.1. The van der Waals surface area contributed by atoms with Crippen molar-refractivity contribution in [3.63, 3.8) is 0 Å². The Morgan fingerprint density at radius 2 is 1.22 bits per heavy atom. The van der Waals surface area contributed by atoms with Crippen LogP contribution in [-0.4, -0.2) is 141 Å². The molecule has 12 rings (SSSR count). The van der Waals surface area contributed by atoms with Gasteiger partial charge in [-0.05, 0) is 107 Å². The number of hydrogen-bond donors (Lipinski definition) is 7. The maximum absolute atomic E-state index is 13.8. The number of aromatic nitrogens is 4. The molecule has 0 unspecified atom stereocenters. The number of carbonyl (C=O) groups excluding carboxylic acids is 4. The van der Waals surface area contributed by atoms with Crippen LogP contribution in [0.25, 0.3) is 38.1 Å². The van der Waals surface area contributed by atoms with Crippen LogP contribution in [0.1, 0.15) is 70.2 Å². The molecule has 4 aromatic heterocycles. The molecule has 0 radical (unpaired) electrons. The van der Waals surface area contributed by atoms with Gasteiger partial charge in [0.2, 0.25) is 0 Å². The molecule has 446 valence electrons. The van der Waals surface area contributed by atoms with Crippen LogP contribution in [0.15, 0.2) is 146 Å². The summed E-state index contributed by atoms with van der Waals surface area (Å²) >= 11 is 12.7. The highest BCUT2D eigenvalue weighted by Gasteiger charge is 2.37. The zero-order valence-corrected chi connectivity index (χ0v) is 48.6. The number of benzene rings is 6. The van der Waals surface area contributed by atoms with E-state index in [4.69, 9.17) is 52.4 Å².